The summed E-state index contributed by atoms with van der Waals surface area (Å²) in [5, 5.41) is 0. The molecular weight excluding hydrogens is 286 g/mol. The van der Waals surface area contributed by atoms with Crippen LogP contribution in [0.4, 0.5) is 5.69 Å². The molecule has 0 aromatic heterocycles. The number of aryl methyl sites for hydroxylation is 1. The molecule has 1 aliphatic heterocycles. The largest absolute Gasteiger partial charge is 0.398 e. The third-order valence-corrected chi connectivity index (χ3v) is 6.09. The van der Waals surface area contributed by atoms with Crippen LogP contribution in [0.15, 0.2) is 23.1 Å². The third-order valence-electron chi connectivity index (χ3n) is 4.23. The first-order chi connectivity index (χ1) is 9.86. The molecule has 6 heteroatoms. The Labute approximate surface area is 127 Å². The first-order valence-electron chi connectivity index (χ1n) is 7.41. The molecule has 2 N–H and O–H groups in total. The van der Waals surface area contributed by atoms with Crippen molar-refractivity contribution in [3.8, 4) is 0 Å². The van der Waals surface area contributed by atoms with Crippen molar-refractivity contribution in [1.82, 2.24) is 9.21 Å². The molecule has 118 valence electrons. The van der Waals surface area contributed by atoms with Crippen LogP contribution in [0.25, 0.3) is 0 Å². The van der Waals surface area contributed by atoms with Crippen molar-refractivity contribution in [1.29, 1.82) is 0 Å². The Morgan fingerprint density at radius 1 is 1.38 bits per heavy atom. The number of piperidine rings is 1. The quantitative estimate of drug-likeness (QED) is 0.857. The summed E-state index contributed by atoms with van der Waals surface area (Å²) in [4.78, 5) is 2.40. The minimum absolute atomic E-state index is 0.279. The minimum Gasteiger partial charge on any atom is -0.398 e. The highest BCUT2D eigenvalue weighted by Crippen LogP contribution is 2.25. The van der Waals surface area contributed by atoms with Crippen LogP contribution in [0.5, 0.6) is 0 Å². The second kappa shape index (κ2) is 6.34. The van der Waals surface area contributed by atoms with Gasteiger partial charge in [-0.05, 0) is 51.1 Å². The fourth-order valence-electron chi connectivity index (χ4n) is 2.77. The first-order valence-corrected chi connectivity index (χ1v) is 8.85. The topological polar surface area (TPSA) is 66.6 Å². The van der Waals surface area contributed by atoms with E-state index in [0.717, 1.165) is 24.8 Å². The first kappa shape index (κ1) is 16.3. The van der Waals surface area contributed by atoms with Gasteiger partial charge in [0.1, 0.15) is 0 Å². The zero-order chi connectivity index (χ0) is 15.6. The highest BCUT2D eigenvalue weighted by Gasteiger charge is 2.31. The fourth-order valence-corrected chi connectivity index (χ4v) is 4.32. The van der Waals surface area contributed by atoms with Gasteiger partial charge in [-0.15, -0.1) is 0 Å². The van der Waals surface area contributed by atoms with Gasteiger partial charge in [-0.1, -0.05) is 13.0 Å². The Morgan fingerprint density at radius 2 is 2.10 bits per heavy atom. The fraction of sp³-hybridized carbons (Fsp3) is 0.600. The predicted octanol–water partition coefficient (Wildman–Crippen LogP) is 1.55. The molecule has 0 bridgehead atoms. The van der Waals surface area contributed by atoms with Gasteiger partial charge >= 0.3 is 0 Å². The molecule has 0 aliphatic carbocycles. The Morgan fingerprint density at radius 3 is 2.67 bits per heavy atom. The van der Waals surface area contributed by atoms with Gasteiger partial charge < -0.3 is 10.6 Å². The molecule has 0 radical (unpaired) electrons. The molecule has 1 aromatic carbocycles. The Hall–Kier alpha value is -1.11. The van der Waals surface area contributed by atoms with Gasteiger partial charge in [-0.25, -0.2) is 8.42 Å². The lowest BCUT2D eigenvalue weighted by atomic mass is 10.1. The number of hydrogen-bond acceptors (Lipinski definition) is 4. The van der Waals surface area contributed by atoms with E-state index in [1.54, 1.807) is 16.4 Å². The lowest BCUT2D eigenvalue weighted by molar-refractivity contribution is 0.190. The van der Waals surface area contributed by atoms with Crippen molar-refractivity contribution in [2.24, 2.45) is 0 Å². The SMILES string of the molecule is CCc1ccc(S(=O)(=O)N2CCCC(N(C)C)C2)cc1N. The van der Waals surface area contributed by atoms with Crippen LogP contribution in [0.2, 0.25) is 0 Å². The van der Waals surface area contributed by atoms with Crippen molar-refractivity contribution in [3.05, 3.63) is 23.8 Å². The van der Waals surface area contributed by atoms with E-state index in [-0.39, 0.29) is 6.04 Å². The summed E-state index contributed by atoms with van der Waals surface area (Å²) in [5.74, 6) is 0. The number of nitrogens with two attached hydrogens (primary N) is 1. The third kappa shape index (κ3) is 3.39. The second-order valence-electron chi connectivity index (χ2n) is 5.84. The summed E-state index contributed by atoms with van der Waals surface area (Å²) in [7, 11) is 0.540. The number of benzene rings is 1. The molecule has 0 amide bonds. The minimum atomic E-state index is -3.45. The van der Waals surface area contributed by atoms with Gasteiger partial charge in [0.2, 0.25) is 10.0 Å². The molecule has 21 heavy (non-hydrogen) atoms. The standard InChI is InChI=1S/C15H25N3O2S/c1-4-12-7-8-14(10-15(12)16)21(19,20)18-9-5-6-13(11-18)17(2)3/h7-8,10,13H,4-6,9,11,16H2,1-3H3. The van der Waals surface area contributed by atoms with Gasteiger partial charge in [0.05, 0.1) is 4.90 Å². The van der Waals surface area contributed by atoms with E-state index in [9.17, 15) is 8.42 Å². The summed E-state index contributed by atoms with van der Waals surface area (Å²) in [5.41, 5.74) is 7.48. The van der Waals surface area contributed by atoms with E-state index in [2.05, 4.69) is 4.90 Å². The summed E-state index contributed by atoms with van der Waals surface area (Å²) < 4.78 is 27.1. The van der Waals surface area contributed by atoms with E-state index < -0.39 is 10.0 Å². The molecule has 0 spiro atoms. The molecule has 1 aliphatic rings. The predicted molar refractivity (Wildman–Crippen MR) is 85.7 cm³/mol. The van der Waals surface area contributed by atoms with Gasteiger partial charge in [-0.3, -0.25) is 0 Å². The lowest BCUT2D eigenvalue weighted by Gasteiger charge is -2.35. The van der Waals surface area contributed by atoms with E-state index >= 15 is 0 Å². The molecule has 1 aromatic rings. The monoisotopic (exact) mass is 311 g/mol. The normalized spacial score (nSPS) is 20.9. The van der Waals surface area contributed by atoms with Crippen molar-refractivity contribution < 1.29 is 8.42 Å². The summed E-state index contributed by atoms with van der Waals surface area (Å²) in [6.45, 7) is 3.14. The number of sulfonamides is 1. The maximum Gasteiger partial charge on any atom is 0.243 e. The molecule has 1 unspecified atom stereocenters. The van der Waals surface area contributed by atoms with Crippen molar-refractivity contribution in [2.75, 3.05) is 32.9 Å². The number of likely N-dealkylation sites (N-methyl/N-ethyl adjacent to an activating group) is 1. The molecular formula is C15H25N3O2S. The highest BCUT2D eigenvalue weighted by atomic mass is 32.2. The average Bonchev–Trinajstić information content (AvgIpc) is 2.47. The molecule has 1 saturated heterocycles. The van der Waals surface area contributed by atoms with E-state index in [1.807, 2.05) is 27.1 Å². The van der Waals surface area contributed by atoms with Crippen LogP contribution < -0.4 is 5.73 Å². The number of hydrogen-bond donors (Lipinski definition) is 1. The molecule has 1 heterocycles. The molecule has 5 nitrogen and oxygen atoms in total. The smallest absolute Gasteiger partial charge is 0.243 e. The summed E-state index contributed by atoms with van der Waals surface area (Å²) in [6, 6.07) is 5.35. The summed E-state index contributed by atoms with van der Waals surface area (Å²) in [6.07, 6.45) is 2.74. The van der Waals surface area contributed by atoms with E-state index in [0.29, 0.717) is 23.7 Å². The van der Waals surface area contributed by atoms with Gasteiger partial charge in [0, 0.05) is 24.8 Å². The van der Waals surface area contributed by atoms with Crippen molar-refractivity contribution in [2.45, 2.75) is 37.1 Å². The zero-order valence-corrected chi connectivity index (χ0v) is 13.9. The number of nitrogens with zero attached hydrogens (tertiary/aromatic N) is 2. The van der Waals surface area contributed by atoms with Gasteiger partial charge in [-0.2, -0.15) is 4.31 Å². The van der Waals surface area contributed by atoms with Crippen LogP contribution in [-0.4, -0.2) is 50.8 Å². The van der Waals surface area contributed by atoms with Crippen LogP contribution in [-0.2, 0) is 16.4 Å². The molecule has 1 atom stereocenters. The van der Waals surface area contributed by atoms with Crippen LogP contribution in [0, 0.1) is 0 Å². The highest BCUT2D eigenvalue weighted by molar-refractivity contribution is 7.89. The zero-order valence-electron chi connectivity index (χ0n) is 13.0. The maximum absolute atomic E-state index is 12.8. The molecule has 1 fully saturated rings. The van der Waals surface area contributed by atoms with Crippen LogP contribution in [0.1, 0.15) is 25.3 Å². The van der Waals surface area contributed by atoms with Gasteiger partial charge in [0.15, 0.2) is 0 Å². The van der Waals surface area contributed by atoms with Crippen LogP contribution in [0.3, 0.4) is 0 Å². The second-order valence-corrected chi connectivity index (χ2v) is 7.77. The van der Waals surface area contributed by atoms with Crippen LogP contribution >= 0.6 is 0 Å². The Bertz CT molecular complexity index is 599. The van der Waals surface area contributed by atoms with Gasteiger partial charge in [0.25, 0.3) is 0 Å². The Kier molecular flexibility index (Phi) is 4.91. The van der Waals surface area contributed by atoms with Crippen molar-refractivity contribution in [3.63, 3.8) is 0 Å². The molecule has 2 rings (SSSR count). The lowest BCUT2D eigenvalue weighted by Crippen LogP contribution is -2.47. The van der Waals surface area contributed by atoms with Crippen molar-refractivity contribution >= 4 is 15.7 Å². The van der Waals surface area contributed by atoms with E-state index in [4.69, 9.17) is 5.73 Å². The maximum atomic E-state index is 12.8. The average molecular weight is 311 g/mol. The number of anilines is 1. The number of nitrogen functional groups attached to an aromatic ring is 1. The summed E-state index contributed by atoms with van der Waals surface area (Å²) >= 11 is 0. The Balaban J connectivity index is 2.27. The van der Waals surface area contributed by atoms with E-state index in [1.165, 1.54) is 0 Å². The molecule has 0 saturated carbocycles. The number of rotatable bonds is 4.